The highest BCUT2D eigenvalue weighted by molar-refractivity contribution is 5.83. The Morgan fingerprint density at radius 2 is 2.25 bits per heavy atom. The number of hydrogen-bond acceptors (Lipinski definition) is 4. The van der Waals surface area contributed by atoms with Crippen molar-refractivity contribution in [1.29, 1.82) is 0 Å². The summed E-state index contributed by atoms with van der Waals surface area (Å²) in [5.74, 6) is 0.693. The molecule has 0 fully saturated rings. The fourth-order valence-electron chi connectivity index (χ4n) is 2.43. The lowest BCUT2D eigenvalue weighted by molar-refractivity contribution is 0.408. The molecule has 1 aromatic carbocycles. The minimum Gasteiger partial charge on any atom is -0.343 e. The maximum absolute atomic E-state index is 4.80. The first-order valence-corrected chi connectivity index (χ1v) is 6.91. The Morgan fingerprint density at radius 3 is 3.05 bits per heavy atom. The van der Waals surface area contributed by atoms with Gasteiger partial charge in [-0.25, -0.2) is 0 Å². The van der Waals surface area contributed by atoms with Crippen LogP contribution in [0, 0.1) is 0 Å². The maximum atomic E-state index is 4.80. The molecule has 0 spiro atoms. The van der Waals surface area contributed by atoms with Gasteiger partial charge in [0.15, 0.2) is 5.82 Å². The van der Waals surface area contributed by atoms with Crippen LogP contribution in [-0.2, 0) is 13.1 Å². The first kappa shape index (κ1) is 12.9. The van der Waals surface area contributed by atoms with Gasteiger partial charge in [0.05, 0.1) is 12.1 Å². The average Bonchev–Trinajstić information content (AvgIpc) is 3.10. The number of nitrogens with one attached hydrogen (secondary N) is 1. The number of rotatable bonds is 6. The molecule has 0 aliphatic carbocycles. The van der Waals surface area contributed by atoms with Crippen molar-refractivity contribution in [3.63, 3.8) is 0 Å². The van der Waals surface area contributed by atoms with Gasteiger partial charge in [0.1, 0.15) is 0 Å². The molecule has 2 aromatic heterocycles. The Labute approximate surface area is 117 Å². The van der Waals surface area contributed by atoms with Crippen molar-refractivity contribution in [2.45, 2.75) is 26.4 Å². The Balaban J connectivity index is 1.92. The Bertz CT molecular complexity index is 672. The summed E-state index contributed by atoms with van der Waals surface area (Å²) in [5, 5.41) is 8.58. The van der Waals surface area contributed by atoms with Gasteiger partial charge < -0.3 is 14.4 Å². The van der Waals surface area contributed by atoms with Crippen molar-refractivity contribution in [2.24, 2.45) is 0 Å². The summed E-state index contributed by atoms with van der Waals surface area (Å²) in [6.07, 6.45) is 4.58. The van der Waals surface area contributed by atoms with Crippen LogP contribution in [0.15, 0.2) is 41.4 Å². The van der Waals surface area contributed by atoms with E-state index in [1.54, 1.807) is 0 Å². The third-order valence-corrected chi connectivity index (χ3v) is 3.33. The highest BCUT2D eigenvalue weighted by Crippen LogP contribution is 2.21. The van der Waals surface area contributed by atoms with Crippen LogP contribution in [0.2, 0.25) is 0 Å². The van der Waals surface area contributed by atoms with Crippen molar-refractivity contribution in [3.05, 3.63) is 48.2 Å². The van der Waals surface area contributed by atoms with Gasteiger partial charge in [-0.05, 0) is 30.0 Å². The molecule has 0 aliphatic rings. The largest absolute Gasteiger partial charge is 0.343 e. The summed E-state index contributed by atoms with van der Waals surface area (Å²) >= 11 is 0. The van der Waals surface area contributed by atoms with Crippen molar-refractivity contribution < 1.29 is 4.52 Å². The summed E-state index contributed by atoms with van der Waals surface area (Å²) in [6.45, 7) is 4.71. The van der Waals surface area contributed by atoms with E-state index in [9.17, 15) is 0 Å². The second-order valence-electron chi connectivity index (χ2n) is 4.82. The highest BCUT2D eigenvalue weighted by Gasteiger charge is 2.08. The van der Waals surface area contributed by atoms with Gasteiger partial charge in [0, 0.05) is 12.7 Å². The van der Waals surface area contributed by atoms with E-state index in [1.807, 2.05) is 0 Å². The van der Waals surface area contributed by atoms with Crippen LogP contribution in [0.25, 0.3) is 10.9 Å². The van der Waals surface area contributed by atoms with E-state index < -0.39 is 0 Å². The summed E-state index contributed by atoms with van der Waals surface area (Å²) < 4.78 is 6.97. The predicted molar refractivity (Wildman–Crippen MR) is 77.3 cm³/mol. The normalized spacial score (nSPS) is 11.2. The molecule has 0 aliphatic heterocycles. The maximum Gasteiger partial charge on any atom is 0.213 e. The summed E-state index contributed by atoms with van der Waals surface area (Å²) in [6, 6.07) is 8.52. The van der Waals surface area contributed by atoms with Crippen LogP contribution in [0.4, 0.5) is 0 Å². The van der Waals surface area contributed by atoms with Gasteiger partial charge in [-0.3, -0.25) is 0 Å². The molecule has 5 nitrogen and oxygen atoms in total. The molecule has 104 valence electrons. The number of para-hydroxylation sites is 1. The Morgan fingerprint density at radius 1 is 1.30 bits per heavy atom. The molecule has 0 saturated heterocycles. The zero-order valence-electron chi connectivity index (χ0n) is 11.5. The van der Waals surface area contributed by atoms with Crippen molar-refractivity contribution >= 4 is 10.9 Å². The molecule has 0 amide bonds. The zero-order valence-corrected chi connectivity index (χ0v) is 11.5. The standard InChI is InChI=1S/C15H18N4O/c1-2-7-16-9-13-5-3-4-12-6-8-19(15(12)13)10-14-17-11-20-18-14/h3-6,8,11,16H,2,7,9-10H2,1H3. The molecule has 20 heavy (non-hydrogen) atoms. The van der Waals surface area contributed by atoms with Crippen molar-refractivity contribution in [1.82, 2.24) is 20.0 Å². The monoisotopic (exact) mass is 270 g/mol. The molecule has 0 atom stereocenters. The molecule has 0 unspecified atom stereocenters. The van der Waals surface area contributed by atoms with Crippen LogP contribution in [0.1, 0.15) is 24.7 Å². The van der Waals surface area contributed by atoms with Gasteiger partial charge >= 0.3 is 0 Å². The fraction of sp³-hybridized carbons (Fsp3) is 0.333. The number of benzene rings is 1. The van der Waals surface area contributed by atoms with Crippen LogP contribution in [0.5, 0.6) is 0 Å². The Kier molecular flexibility index (Phi) is 3.78. The molecular weight excluding hydrogens is 252 g/mol. The molecule has 5 heteroatoms. The van der Waals surface area contributed by atoms with Gasteiger partial charge in [-0.2, -0.15) is 4.98 Å². The number of nitrogens with zero attached hydrogens (tertiary/aromatic N) is 3. The average molecular weight is 270 g/mol. The lowest BCUT2D eigenvalue weighted by Gasteiger charge is -2.09. The van der Waals surface area contributed by atoms with Gasteiger partial charge in [0.2, 0.25) is 6.39 Å². The first-order chi connectivity index (χ1) is 9.88. The smallest absolute Gasteiger partial charge is 0.213 e. The van der Waals surface area contributed by atoms with Crippen molar-refractivity contribution in [3.8, 4) is 0 Å². The van der Waals surface area contributed by atoms with E-state index in [2.05, 4.69) is 57.4 Å². The molecule has 0 bridgehead atoms. The minimum absolute atomic E-state index is 0.630. The van der Waals surface area contributed by atoms with Gasteiger partial charge in [-0.15, -0.1) is 0 Å². The van der Waals surface area contributed by atoms with E-state index in [4.69, 9.17) is 4.52 Å². The number of hydrogen-bond donors (Lipinski definition) is 1. The molecule has 0 saturated carbocycles. The van der Waals surface area contributed by atoms with E-state index in [0.29, 0.717) is 12.4 Å². The molecule has 3 aromatic rings. The topological polar surface area (TPSA) is 55.9 Å². The third-order valence-electron chi connectivity index (χ3n) is 3.33. The summed E-state index contributed by atoms with van der Waals surface area (Å²) in [4.78, 5) is 4.09. The highest BCUT2D eigenvalue weighted by atomic mass is 16.5. The number of fused-ring (bicyclic) bond motifs is 1. The third kappa shape index (κ3) is 2.58. The zero-order chi connectivity index (χ0) is 13.8. The quantitative estimate of drug-likeness (QED) is 0.699. The van der Waals surface area contributed by atoms with Crippen LogP contribution >= 0.6 is 0 Å². The fourth-order valence-corrected chi connectivity index (χ4v) is 2.43. The van der Waals surface area contributed by atoms with Crippen molar-refractivity contribution in [2.75, 3.05) is 6.54 Å². The SMILES string of the molecule is CCCNCc1cccc2ccn(Cc3ncon3)c12. The molecular formula is C15H18N4O. The van der Waals surface area contributed by atoms with Gasteiger partial charge in [-0.1, -0.05) is 30.3 Å². The van der Waals surface area contributed by atoms with E-state index in [1.165, 1.54) is 22.9 Å². The van der Waals surface area contributed by atoms with E-state index >= 15 is 0 Å². The molecule has 2 heterocycles. The summed E-state index contributed by atoms with van der Waals surface area (Å²) in [5.41, 5.74) is 2.53. The lowest BCUT2D eigenvalue weighted by Crippen LogP contribution is -2.14. The molecule has 0 radical (unpaired) electrons. The van der Waals surface area contributed by atoms with Crippen LogP contribution in [-0.4, -0.2) is 21.3 Å². The lowest BCUT2D eigenvalue weighted by atomic mass is 10.1. The second-order valence-corrected chi connectivity index (χ2v) is 4.82. The Hall–Kier alpha value is -2.14. The number of aromatic nitrogens is 3. The minimum atomic E-state index is 0.630. The second kappa shape index (κ2) is 5.88. The molecule has 1 N–H and O–H groups in total. The van der Waals surface area contributed by atoms with Crippen LogP contribution < -0.4 is 5.32 Å². The first-order valence-electron chi connectivity index (χ1n) is 6.91. The van der Waals surface area contributed by atoms with E-state index in [0.717, 1.165) is 19.5 Å². The van der Waals surface area contributed by atoms with Crippen LogP contribution in [0.3, 0.4) is 0 Å². The predicted octanol–water partition coefficient (Wildman–Crippen LogP) is 2.57. The summed E-state index contributed by atoms with van der Waals surface area (Å²) in [7, 11) is 0. The van der Waals surface area contributed by atoms with Gasteiger partial charge in [0.25, 0.3) is 0 Å². The van der Waals surface area contributed by atoms with E-state index in [-0.39, 0.29) is 0 Å². The molecule has 3 rings (SSSR count).